The van der Waals surface area contributed by atoms with Crippen molar-refractivity contribution in [2.24, 2.45) is 0 Å². The molecule has 1 saturated heterocycles. The monoisotopic (exact) mass is 281 g/mol. The summed E-state index contributed by atoms with van der Waals surface area (Å²) in [7, 11) is 0. The average Bonchev–Trinajstić information content (AvgIpc) is 2.59. The summed E-state index contributed by atoms with van der Waals surface area (Å²) in [5.41, 5.74) is 0.763. The van der Waals surface area contributed by atoms with Gasteiger partial charge in [0, 0.05) is 19.0 Å². The van der Waals surface area contributed by atoms with Gasteiger partial charge in [-0.05, 0) is 44.0 Å². The highest BCUT2D eigenvalue weighted by molar-refractivity contribution is 5.76. The third-order valence-electron chi connectivity index (χ3n) is 3.89. The second kappa shape index (κ2) is 6.93. The van der Waals surface area contributed by atoms with Crippen molar-refractivity contribution in [3.8, 4) is 0 Å². The quantitative estimate of drug-likeness (QED) is 0.839. The lowest BCUT2D eigenvalue weighted by molar-refractivity contribution is -0.118. The van der Waals surface area contributed by atoms with Crippen molar-refractivity contribution in [3.63, 3.8) is 0 Å². The molecule has 0 N–H and O–H groups in total. The second-order valence-electron chi connectivity index (χ2n) is 5.63. The number of rotatable bonds is 4. The molecule has 20 heavy (non-hydrogen) atoms. The molecule has 1 fully saturated rings. The first-order chi connectivity index (χ1) is 9.56. The van der Waals surface area contributed by atoms with Crippen molar-refractivity contribution in [1.29, 1.82) is 0 Å². The van der Waals surface area contributed by atoms with Crippen LogP contribution in [0, 0.1) is 11.6 Å². The first-order valence-corrected chi connectivity index (χ1v) is 7.23. The summed E-state index contributed by atoms with van der Waals surface area (Å²) in [5.74, 6) is -1.43. The number of carbonyl (C=O) groups excluding carboxylic acids is 1. The molecule has 4 heteroatoms. The molecule has 2 rings (SSSR count). The lowest BCUT2D eigenvalue weighted by Crippen LogP contribution is -2.35. The molecule has 1 heterocycles. The Morgan fingerprint density at radius 3 is 2.75 bits per heavy atom. The summed E-state index contributed by atoms with van der Waals surface area (Å²) in [6, 6.07) is 4.27. The molecule has 1 aliphatic rings. The van der Waals surface area contributed by atoms with Gasteiger partial charge in [-0.25, -0.2) is 8.78 Å². The van der Waals surface area contributed by atoms with Gasteiger partial charge < -0.3 is 0 Å². The van der Waals surface area contributed by atoms with Crippen molar-refractivity contribution < 1.29 is 13.6 Å². The van der Waals surface area contributed by atoms with E-state index in [0.717, 1.165) is 31.4 Å². The standard InChI is InChI=1S/C16H21F2NO/c1-12(20)9-14-5-3-2-4-8-19(14)11-13-6-7-15(17)16(18)10-13/h6-7,10,14H,2-5,8-9,11H2,1H3. The molecule has 0 aliphatic carbocycles. The summed E-state index contributed by atoms with van der Waals surface area (Å²) in [4.78, 5) is 13.6. The van der Waals surface area contributed by atoms with Gasteiger partial charge in [0.25, 0.3) is 0 Å². The molecule has 1 aromatic rings. The van der Waals surface area contributed by atoms with Gasteiger partial charge in [0.15, 0.2) is 11.6 Å². The lowest BCUT2D eigenvalue weighted by Gasteiger charge is -2.29. The number of carbonyl (C=O) groups is 1. The third-order valence-corrected chi connectivity index (χ3v) is 3.89. The Kier molecular flexibility index (Phi) is 5.24. The fourth-order valence-electron chi connectivity index (χ4n) is 2.88. The van der Waals surface area contributed by atoms with E-state index in [2.05, 4.69) is 4.90 Å². The van der Waals surface area contributed by atoms with Crippen LogP contribution in [0.3, 0.4) is 0 Å². The van der Waals surface area contributed by atoms with E-state index in [1.54, 1.807) is 13.0 Å². The first-order valence-electron chi connectivity index (χ1n) is 7.23. The van der Waals surface area contributed by atoms with Crippen LogP contribution in [0.1, 0.15) is 44.6 Å². The number of hydrogen-bond donors (Lipinski definition) is 0. The summed E-state index contributed by atoms with van der Waals surface area (Å²) in [6.07, 6.45) is 4.94. The van der Waals surface area contributed by atoms with Crippen molar-refractivity contribution in [1.82, 2.24) is 4.90 Å². The van der Waals surface area contributed by atoms with E-state index in [1.807, 2.05) is 0 Å². The fraction of sp³-hybridized carbons (Fsp3) is 0.562. The highest BCUT2D eigenvalue weighted by atomic mass is 19.2. The van der Waals surface area contributed by atoms with E-state index in [0.29, 0.717) is 13.0 Å². The van der Waals surface area contributed by atoms with E-state index < -0.39 is 11.6 Å². The highest BCUT2D eigenvalue weighted by Gasteiger charge is 2.22. The molecule has 1 unspecified atom stereocenters. The van der Waals surface area contributed by atoms with Crippen LogP contribution in [0.5, 0.6) is 0 Å². The van der Waals surface area contributed by atoms with Crippen molar-refractivity contribution in [3.05, 3.63) is 35.4 Å². The van der Waals surface area contributed by atoms with Crippen LogP contribution in [0.15, 0.2) is 18.2 Å². The number of Topliss-reactive ketones (excluding diaryl/α,β-unsaturated/α-hetero) is 1. The van der Waals surface area contributed by atoms with Gasteiger partial charge in [-0.2, -0.15) is 0 Å². The number of likely N-dealkylation sites (tertiary alicyclic amines) is 1. The van der Waals surface area contributed by atoms with Crippen molar-refractivity contribution >= 4 is 5.78 Å². The number of ketones is 1. The van der Waals surface area contributed by atoms with E-state index in [9.17, 15) is 13.6 Å². The number of benzene rings is 1. The predicted molar refractivity (Wildman–Crippen MR) is 74.3 cm³/mol. The minimum atomic E-state index is -0.815. The highest BCUT2D eigenvalue weighted by Crippen LogP contribution is 2.22. The zero-order valence-electron chi connectivity index (χ0n) is 11.9. The normalized spacial score (nSPS) is 20.6. The van der Waals surface area contributed by atoms with Crippen LogP contribution in [-0.2, 0) is 11.3 Å². The van der Waals surface area contributed by atoms with E-state index in [1.165, 1.54) is 18.6 Å². The third kappa shape index (κ3) is 4.10. The van der Waals surface area contributed by atoms with Crippen LogP contribution < -0.4 is 0 Å². The SMILES string of the molecule is CC(=O)CC1CCCCCN1Cc1ccc(F)c(F)c1. The van der Waals surface area contributed by atoms with Gasteiger partial charge in [0.05, 0.1) is 0 Å². The molecule has 0 radical (unpaired) electrons. The number of halogens is 2. The summed E-state index contributed by atoms with van der Waals surface area (Å²) < 4.78 is 26.2. The van der Waals surface area contributed by atoms with Gasteiger partial charge in [0.1, 0.15) is 5.78 Å². The fourth-order valence-corrected chi connectivity index (χ4v) is 2.88. The van der Waals surface area contributed by atoms with Crippen LogP contribution in [-0.4, -0.2) is 23.3 Å². The van der Waals surface area contributed by atoms with Crippen molar-refractivity contribution in [2.45, 2.75) is 51.6 Å². The maximum absolute atomic E-state index is 13.3. The first kappa shape index (κ1) is 15.1. The van der Waals surface area contributed by atoms with Crippen LogP contribution >= 0.6 is 0 Å². The average molecular weight is 281 g/mol. The van der Waals surface area contributed by atoms with E-state index in [-0.39, 0.29) is 11.8 Å². The molecule has 1 aromatic carbocycles. The Morgan fingerprint density at radius 2 is 2.05 bits per heavy atom. The van der Waals surface area contributed by atoms with E-state index in [4.69, 9.17) is 0 Å². The molecule has 1 aliphatic heterocycles. The maximum Gasteiger partial charge on any atom is 0.159 e. The molecule has 1 atom stereocenters. The molecular formula is C16H21F2NO. The molecule has 2 nitrogen and oxygen atoms in total. The van der Waals surface area contributed by atoms with Gasteiger partial charge in [0.2, 0.25) is 0 Å². The smallest absolute Gasteiger partial charge is 0.159 e. The molecular weight excluding hydrogens is 260 g/mol. The van der Waals surface area contributed by atoms with Crippen LogP contribution in [0.2, 0.25) is 0 Å². The molecule has 0 amide bonds. The topological polar surface area (TPSA) is 20.3 Å². The Morgan fingerprint density at radius 1 is 1.25 bits per heavy atom. The zero-order valence-corrected chi connectivity index (χ0v) is 11.9. The maximum atomic E-state index is 13.3. The predicted octanol–water partition coefficient (Wildman–Crippen LogP) is 3.69. The van der Waals surface area contributed by atoms with Gasteiger partial charge in [-0.15, -0.1) is 0 Å². The minimum absolute atomic E-state index is 0.187. The number of nitrogens with zero attached hydrogens (tertiary/aromatic N) is 1. The Labute approximate surface area is 118 Å². The Balaban J connectivity index is 2.09. The molecule has 0 bridgehead atoms. The lowest BCUT2D eigenvalue weighted by atomic mass is 10.0. The Hall–Kier alpha value is -1.29. The summed E-state index contributed by atoms with van der Waals surface area (Å²) in [6.45, 7) is 3.10. The van der Waals surface area contributed by atoms with Gasteiger partial charge in [-0.3, -0.25) is 9.69 Å². The number of hydrogen-bond acceptors (Lipinski definition) is 2. The molecule has 0 aromatic heterocycles. The van der Waals surface area contributed by atoms with Crippen molar-refractivity contribution in [2.75, 3.05) is 6.54 Å². The minimum Gasteiger partial charge on any atom is -0.300 e. The zero-order chi connectivity index (χ0) is 14.5. The second-order valence-corrected chi connectivity index (χ2v) is 5.63. The molecule has 110 valence electrons. The van der Waals surface area contributed by atoms with Gasteiger partial charge in [-0.1, -0.05) is 18.9 Å². The summed E-state index contributed by atoms with van der Waals surface area (Å²) in [5, 5.41) is 0. The summed E-state index contributed by atoms with van der Waals surface area (Å²) >= 11 is 0. The van der Waals surface area contributed by atoms with Crippen LogP contribution in [0.4, 0.5) is 8.78 Å². The molecule has 0 spiro atoms. The van der Waals surface area contributed by atoms with Crippen LogP contribution in [0.25, 0.3) is 0 Å². The van der Waals surface area contributed by atoms with Gasteiger partial charge >= 0.3 is 0 Å². The van der Waals surface area contributed by atoms with E-state index >= 15 is 0 Å². The Bertz CT molecular complexity index is 476. The largest absolute Gasteiger partial charge is 0.300 e. The molecule has 0 saturated carbocycles.